The first-order valence-corrected chi connectivity index (χ1v) is 5.50. The predicted octanol–water partition coefficient (Wildman–Crippen LogP) is 1.43. The monoisotopic (exact) mass is 197 g/mol. The molecule has 0 aliphatic carbocycles. The summed E-state index contributed by atoms with van der Waals surface area (Å²) < 4.78 is 10.6. The van der Waals surface area contributed by atoms with E-state index in [1.165, 1.54) is 12.0 Å². The maximum Gasteiger partial charge on any atom is 0.0876 e. The van der Waals surface area contributed by atoms with E-state index in [4.69, 9.17) is 15.2 Å². The average Bonchev–Trinajstić information content (AvgIpc) is 2.72. The van der Waals surface area contributed by atoms with Crippen LogP contribution in [-0.4, -0.2) is 25.9 Å². The van der Waals surface area contributed by atoms with E-state index < -0.39 is 0 Å². The second-order valence-corrected chi connectivity index (χ2v) is 4.24. The summed E-state index contributed by atoms with van der Waals surface area (Å²) in [7, 11) is 0. The van der Waals surface area contributed by atoms with E-state index in [9.17, 15) is 0 Å². The quantitative estimate of drug-likeness (QED) is 0.744. The van der Waals surface area contributed by atoms with Gasteiger partial charge in [-0.25, -0.2) is 0 Å². The molecule has 3 nitrogen and oxygen atoms in total. The Bertz CT molecular complexity index is 209. The second kappa shape index (κ2) is 4.80. The van der Waals surface area contributed by atoms with Crippen LogP contribution in [0.5, 0.6) is 0 Å². The van der Waals surface area contributed by atoms with Gasteiger partial charge in [0.15, 0.2) is 0 Å². The molecule has 0 bridgehead atoms. The van der Waals surface area contributed by atoms with Crippen molar-refractivity contribution in [3.8, 4) is 0 Å². The smallest absolute Gasteiger partial charge is 0.0876 e. The summed E-state index contributed by atoms with van der Waals surface area (Å²) in [6.45, 7) is 2.65. The van der Waals surface area contributed by atoms with Gasteiger partial charge in [0.05, 0.1) is 12.9 Å². The first-order valence-electron chi connectivity index (χ1n) is 5.50. The summed E-state index contributed by atoms with van der Waals surface area (Å²) in [5, 5.41) is 0. The molecule has 2 aliphatic heterocycles. The summed E-state index contributed by atoms with van der Waals surface area (Å²) in [5.74, 6) is 0.660. The van der Waals surface area contributed by atoms with Gasteiger partial charge in [-0.3, -0.25) is 0 Å². The molecule has 1 fully saturated rings. The van der Waals surface area contributed by atoms with E-state index in [0.29, 0.717) is 5.92 Å². The minimum absolute atomic E-state index is 0.182. The highest BCUT2D eigenvalue weighted by atomic mass is 16.5. The van der Waals surface area contributed by atoms with Crippen LogP contribution in [0.15, 0.2) is 11.8 Å². The Balaban J connectivity index is 1.81. The van der Waals surface area contributed by atoms with Gasteiger partial charge < -0.3 is 15.2 Å². The van der Waals surface area contributed by atoms with Crippen LogP contribution in [0.25, 0.3) is 0 Å². The molecule has 1 saturated heterocycles. The van der Waals surface area contributed by atoms with E-state index >= 15 is 0 Å². The fourth-order valence-corrected chi connectivity index (χ4v) is 2.14. The highest BCUT2D eigenvalue weighted by molar-refractivity contribution is 5.09. The molecule has 2 rings (SSSR count). The van der Waals surface area contributed by atoms with Crippen molar-refractivity contribution in [2.45, 2.75) is 31.7 Å². The Morgan fingerprint density at radius 3 is 3.07 bits per heavy atom. The Morgan fingerprint density at radius 1 is 1.50 bits per heavy atom. The SMILES string of the molecule is NC(CC1CCOC1)C1=COCCC1. The Labute approximate surface area is 85.3 Å². The molecule has 3 heteroatoms. The number of rotatable bonds is 3. The van der Waals surface area contributed by atoms with Crippen molar-refractivity contribution in [3.63, 3.8) is 0 Å². The minimum Gasteiger partial charge on any atom is -0.501 e. The van der Waals surface area contributed by atoms with Gasteiger partial charge in [0.1, 0.15) is 0 Å². The fourth-order valence-electron chi connectivity index (χ4n) is 2.14. The van der Waals surface area contributed by atoms with Crippen molar-refractivity contribution in [2.75, 3.05) is 19.8 Å². The van der Waals surface area contributed by atoms with Crippen LogP contribution in [-0.2, 0) is 9.47 Å². The van der Waals surface area contributed by atoms with Crippen molar-refractivity contribution in [1.82, 2.24) is 0 Å². The minimum atomic E-state index is 0.182. The van der Waals surface area contributed by atoms with Crippen molar-refractivity contribution in [3.05, 3.63) is 11.8 Å². The molecule has 0 saturated carbocycles. The zero-order valence-corrected chi connectivity index (χ0v) is 8.58. The van der Waals surface area contributed by atoms with Gasteiger partial charge in [0.25, 0.3) is 0 Å². The Hall–Kier alpha value is -0.540. The van der Waals surface area contributed by atoms with Crippen molar-refractivity contribution >= 4 is 0 Å². The molecule has 0 aromatic carbocycles. The first kappa shape index (κ1) is 9.99. The van der Waals surface area contributed by atoms with Crippen LogP contribution in [0.2, 0.25) is 0 Å². The zero-order chi connectivity index (χ0) is 9.80. The van der Waals surface area contributed by atoms with E-state index in [1.807, 2.05) is 6.26 Å². The van der Waals surface area contributed by atoms with Crippen LogP contribution in [0, 0.1) is 5.92 Å². The lowest BCUT2D eigenvalue weighted by molar-refractivity contribution is 0.182. The van der Waals surface area contributed by atoms with Gasteiger partial charge in [0, 0.05) is 19.3 Å². The van der Waals surface area contributed by atoms with Crippen molar-refractivity contribution in [1.29, 1.82) is 0 Å². The Kier molecular flexibility index (Phi) is 3.43. The highest BCUT2D eigenvalue weighted by Crippen LogP contribution is 2.23. The normalized spacial score (nSPS) is 29.5. The van der Waals surface area contributed by atoms with E-state index in [2.05, 4.69) is 0 Å². The standard InChI is InChI=1S/C11H19NO2/c12-11(6-9-3-5-14-7-9)10-2-1-4-13-8-10/h8-9,11H,1-7,12H2. The molecule has 0 amide bonds. The van der Waals surface area contributed by atoms with E-state index in [-0.39, 0.29) is 6.04 Å². The molecular formula is C11H19NO2. The second-order valence-electron chi connectivity index (χ2n) is 4.24. The summed E-state index contributed by atoms with van der Waals surface area (Å²) in [6, 6.07) is 0.182. The Morgan fingerprint density at radius 2 is 2.43 bits per heavy atom. The van der Waals surface area contributed by atoms with Crippen LogP contribution < -0.4 is 5.73 Å². The molecule has 2 unspecified atom stereocenters. The van der Waals surface area contributed by atoms with E-state index in [1.54, 1.807) is 0 Å². The fraction of sp³-hybridized carbons (Fsp3) is 0.818. The molecular weight excluding hydrogens is 178 g/mol. The lowest BCUT2D eigenvalue weighted by atomic mass is 9.92. The van der Waals surface area contributed by atoms with Crippen molar-refractivity contribution in [2.24, 2.45) is 11.7 Å². The molecule has 2 heterocycles. The summed E-state index contributed by atoms with van der Waals surface area (Å²) in [5.41, 5.74) is 7.41. The largest absolute Gasteiger partial charge is 0.501 e. The lowest BCUT2D eigenvalue weighted by Crippen LogP contribution is -2.27. The van der Waals surface area contributed by atoms with Gasteiger partial charge in [-0.2, -0.15) is 0 Å². The summed E-state index contributed by atoms with van der Waals surface area (Å²) >= 11 is 0. The third kappa shape index (κ3) is 2.49. The molecule has 0 aromatic rings. The molecule has 2 atom stereocenters. The highest BCUT2D eigenvalue weighted by Gasteiger charge is 2.21. The third-order valence-electron chi connectivity index (χ3n) is 3.05. The summed E-state index contributed by atoms with van der Waals surface area (Å²) in [4.78, 5) is 0. The zero-order valence-electron chi connectivity index (χ0n) is 8.58. The van der Waals surface area contributed by atoms with Crippen LogP contribution >= 0.6 is 0 Å². The number of hydrogen-bond donors (Lipinski definition) is 1. The molecule has 2 N–H and O–H groups in total. The van der Waals surface area contributed by atoms with Crippen LogP contribution in [0.3, 0.4) is 0 Å². The van der Waals surface area contributed by atoms with Gasteiger partial charge in [-0.15, -0.1) is 0 Å². The number of nitrogens with two attached hydrogens (primary N) is 1. The van der Waals surface area contributed by atoms with Gasteiger partial charge >= 0.3 is 0 Å². The predicted molar refractivity (Wildman–Crippen MR) is 54.8 cm³/mol. The maximum atomic E-state index is 6.12. The average molecular weight is 197 g/mol. The van der Waals surface area contributed by atoms with Gasteiger partial charge in [-0.1, -0.05) is 0 Å². The van der Waals surface area contributed by atoms with Gasteiger partial charge in [-0.05, 0) is 37.2 Å². The first-order chi connectivity index (χ1) is 6.86. The number of hydrogen-bond acceptors (Lipinski definition) is 3. The van der Waals surface area contributed by atoms with Crippen LogP contribution in [0.4, 0.5) is 0 Å². The van der Waals surface area contributed by atoms with E-state index in [0.717, 1.165) is 39.1 Å². The molecule has 2 aliphatic rings. The molecule has 0 spiro atoms. The maximum absolute atomic E-state index is 6.12. The third-order valence-corrected chi connectivity index (χ3v) is 3.05. The molecule has 0 aromatic heterocycles. The lowest BCUT2D eigenvalue weighted by Gasteiger charge is -2.21. The molecule has 14 heavy (non-hydrogen) atoms. The van der Waals surface area contributed by atoms with Crippen molar-refractivity contribution < 1.29 is 9.47 Å². The van der Waals surface area contributed by atoms with Gasteiger partial charge in [0.2, 0.25) is 0 Å². The molecule has 80 valence electrons. The topological polar surface area (TPSA) is 44.5 Å². The van der Waals surface area contributed by atoms with Crippen LogP contribution in [0.1, 0.15) is 25.7 Å². The number of ether oxygens (including phenoxy) is 2. The summed E-state index contributed by atoms with van der Waals surface area (Å²) in [6.07, 6.45) is 6.30. The molecule has 0 radical (unpaired) electrons.